The third kappa shape index (κ3) is 6.15. The Morgan fingerprint density at radius 1 is 0.314 bits per heavy atom. The van der Waals surface area contributed by atoms with Gasteiger partial charge in [0.2, 0.25) is 0 Å². The zero-order valence-corrected chi connectivity index (χ0v) is 38.9. The fourth-order valence-corrected chi connectivity index (χ4v) is 11.6. The van der Waals surface area contributed by atoms with Crippen molar-refractivity contribution in [3.63, 3.8) is 0 Å². The minimum atomic E-state index is -0.134. The van der Waals surface area contributed by atoms with Crippen molar-refractivity contribution in [3.05, 3.63) is 254 Å². The van der Waals surface area contributed by atoms with Gasteiger partial charge in [-0.15, -0.1) is 0 Å². The van der Waals surface area contributed by atoms with Crippen LogP contribution in [0.3, 0.4) is 0 Å². The largest absolute Gasteiger partial charge is 0.454 e. The van der Waals surface area contributed by atoms with Gasteiger partial charge in [-0.3, -0.25) is 0 Å². The molecule has 0 aliphatic heterocycles. The molecule has 330 valence electrons. The molecule has 12 aromatic carbocycles. The minimum Gasteiger partial charge on any atom is -0.454 e. The Hall–Kier alpha value is -8.92. The number of nitrogens with zero attached hydrogens (tertiary/aromatic N) is 2. The molecule has 0 N–H and O–H groups in total. The molecule has 0 radical (unpaired) electrons. The van der Waals surface area contributed by atoms with Crippen LogP contribution in [-0.4, -0.2) is 0 Å². The summed E-state index contributed by atoms with van der Waals surface area (Å²) in [6.45, 7) is 4.72. The van der Waals surface area contributed by atoms with E-state index in [-0.39, 0.29) is 5.41 Å². The number of furan rings is 1. The van der Waals surface area contributed by atoms with Crippen molar-refractivity contribution in [2.45, 2.75) is 19.3 Å². The molecule has 0 fully saturated rings. The predicted octanol–water partition coefficient (Wildman–Crippen LogP) is 19.1. The average molecular weight is 895 g/mol. The predicted molar refractivity (Wildman–Crippen MR) is 296 cm³/mol. The first-order valence-electron chi connectivity index (χ1n) is 24.2. The maximum atomic E-state index is 6.74. The van der Waals surface area contributed by atoms with E-state index in [2.05, 4.69) is 260 Å². The maximum Gasteiger partial charge on any atom is 0.159 e. The molecular weight excluding hydrogens is 849 g/mol. The maximum absolute atomic E-state index is 6.74. The molecule has 0 unspecified atom stereocenters. The second-order valence-electron chi connectivity index (χ2n) is 19.2. The van der Waals surface area contributed by atoms with Crippen molar-refractivity contribution in [1.29, 1.82) is 0 Å². The molecule has 3 nitrogen and oxygen atoms in total. The lowest BCUT2D eigenvalue weighted by atomic mass is 9.82. The summed E-state index contributed by atoms with van der Waals surface area (Å²) in [5.41, 5.74) is 15.8. The number of fused-ring (bicyclic) bond motifs is 12. The van der Waals surface area contributed by atoms with Gasteiger partial charge in [-0.05, 0) is 126 Å². The van der Waals surface area contributed by atoms with Crippen molar-refractivity contribution >= 4 is 99.2 Å². The highest BCUT2D eigenvalue weighted by Crippen LogP contribution is 2.52. The van der Waals surface area contributed by atoms with Gasteiger partial charge in [-0.25, -0.2) is 0 Å². The summed E-state index contributed by atoms with van der Waals surface area (Å²) in [6, 6.07) is 88.7. The van der Waals surface area contributed by atoms with Crippen LogP contribution >= 0.6 is 0 Å². The Bertz CT molecular complexity index is 4220. The fraction of sp³-hybridized carbons (Fsp3) is 0.0448. The molecule has 14 rings (SSSR count). The zero-order valence-electron chi connectivity index (χ0n) is 38.9. The highest BCUT2D eigenvalue weighted by atomic mass is 16.3. The smallest absolute Gasteiger partial charge is 0.159 e. The lowest BCUT2D eigenvalue weighted by molar-refractivity contribution is 0.660. The van der Waals surface area contributed by atoms with E-state index in [1.54, 1.807) is 0 Å². The molecule has 1 aromatic heterocycles. The van der Waals surface area contributed by atoms with Crippen LogP contribution in [0.2, 0.25) is 0 Å². The summed E-state index contributed by atoms with van der Waals surface area (Å²) in [5, 5.41) is 12.0. The Morgan fingerprint density at radius 3 is 1.43 bits per heavy atom. The number of anilines is 6. The number of rotatable bonds is 7. The van der Waals surface area contributed by atoms with Gasteiger partial charge in [0, 0.05) is 44.0 Å². The van der Waals surface area contributed by atoms with Crippen LogP contribution in [0.15, 0.2) is 247 Å². The van der Waals surface area contributed by atoms with Crippen LogP contribution in [0.5, 0.6) is 0 Å². The summed E-state index contributed by atoms with van der Waals surface area (Å²) in [7, 11) is 0. The topological polar surface area (TPSA) is 19.6 Å². The van der Waals surface area contributed by atoms with E-state index in [1.165, 1.54) is 65.3 Å². The van der Waals surface area contributed by atoms with Crippen LogP contribution in [-0.2, 0) is 5.41 Å². The second-order valence-corrected chi connectivity index (χ2v) is 19.2. The molecule has 0 bridgehead atoms. The molecule has 0 saturated carbocycles. The second kappa shape index (κ2) is 15.6. The van der Waals surface area contributed by atoms with E-state index in [1.807, 2.05) is 6.07 Å². The van der Waals surface area contributed by atoms with Crippen molar-refractivity contribution in [2.75, 3.05) is 9.80 Å². The summed E-state index contributed by atoms with van der Waals surface area (Å²) in [6.07, 6.45) is 0. The Kier molecular flexibility index (Phi) is 8.93. The SMILES string of the molecule is CC1(C)c2ccccc2-c2ccc(N(c3ccc(-c4ccc(N(c5cc6ccccc6c6ccccc56)c5cccc6c5oc5ccccc56)cc4)cc3)c3cc4ccccc4c4ccccc34)cc21. The summed E-state index contributed by atoms with van der Waals surface area (Å²) < 4.78 is 6.74. The molecule has 1 aliphatic rings. The summed E-state index contributed by atoms with van der Waals surface area (Å²) in [5.74, 6) is 0. The first-order valence-corrected chi connectivity index (χ1v) is 24.2. The van der Waals surface area contributed by atoms with Gasteiger partial charge in [0.15, 0.2) is 5.58 Å². The third-order valence-electron chi connectivity index (χ3n) is 15.0. The van der Waals surface area contributed by atoms with E-state index >= 15 is 0 Å². The lowest BCUT2D eigenvalue weighted by Crippen LogP contribution is -2.16. The number of para-hydroxylation sites is 2. The average Bonchev–Trinajstić information content (AvgIpc) is 3.91. The van der Waals surface area contributed by atoms with Crippen molar-refractivity contribution in [2.24, 2.45) is 0 Å². The van der Waals surface area contributed by atoms with Crippen LogP contribution in [0.1, 0.15) is 25.0 Å². The quantitative estimate of drug-likeness (QED) is 0.149. The van der Waals surface area contributed by atoms with Gasteiger partial charge >= 0.3 is 0 Å². The first kappa shape index (κ1) is 40.2. The summed E-state index contributed by atoms with van der Waals surface area (Å²) >= 11 is 0. The van der Waals surface area contributed by atoms with Crippen molar-refractivity contribution in [1.82, 2.24) is 0 Å². The Balaban J connectivity index is 0.902. The Labute approximate surface area is 406 Å². The first-order chi connectivity index (χ1) is 34.5. The van der Waals surface area contributed by atoms with Crippen molar-refractivity contribution in [3.8, 4) is 22.3 Å². The monoisotopic (exact) mass is 894 g/mol. The third-order valence-corrected chi connectivity index (χ3v) is 15.0. The van der Waals surface area contributed by atoms with E-state index in [9.17, 15) is 0 Å². The molecule has 3 heteroatoms. The van der Waals surface area contributed by atoms with Gasteiger partial charge in [-0.1, -0.05) is 196 Å². The standard InChI is InChI=1S/C67H46N2O/c1-67(2)60-27-13-11-22-54(60)55-39-38-49(42-61(55)67)68(63-40-45-16-3-5-18-50(45)52-20-7-9-23-56(52)63)47-34-30-43(31-35-47)44-32-36-48(37-33-44)69(62-28-15-26-59-58-25-12-14-29-65(58)70-66(59)62)64-41-46-17-4-6-19-51(46)53-21-8-10-24-57(53)64/h3-42H,1-2H3. The normalized spacial score (nSPS) is 12.8. The van der Waals surface area contributed by atoms with Crippen LogP contribution in [0, 0.1) is 0 Å². The molecule has 1 heterocycles. The lowest BCUT2D eigenvalue weighted by Gasteiger charge is -2.29. The molecule has 0 spiro atoms. The van der Waals surface area contributed by atoms with Gasteiger partial charge < -0.3 is 14.2 Å². The fourth-order valence-electron chi connectivity index (χ4n) is 11.6. The number of hydrogen-bond donors (Lipinski definition) is 0. The van der Waals surface area contributed by atoms with E-state index < -0.39 is 0 Å². The zero-order chi connectivity index (χ0) is 46.5. The van der Waals surface area contributed by atoms with Gasteiger partial charge in [-0.2, -0.15) is 0 Å². The van der Waals surface area contributed by atoms with E-state index in [0.717, 1.165) is 67.2 Å². The minimum absolute atomic E-state index is 0.134. The molecule has 70 heavy (non-hydrogen) atoms. The van der Waals surface area contributed by atoms with Gasteiger partial charge in [0.05, 0.1) is 17.1 Å². The van der Waals surface area contributed by atoms with Crippen LogP contribution in [0.4, 0.5) is 34.1 Å². The van der Waals surface area contributed by atoms with Gasteiger partial charge in [0.1, 0.15) is 5.58 Å². The van der Waals surface area contributed by atoms with Gasteiger partial charge in [0.25, 0.3) is 0 Å². The molecule has 13 aromatic rings. The Morgan fingerprint density at radius 2 is 0.786 bits per heavy atom. The number of benzene rings is 12. The molecular formula is C67H46N2O. The highest BCUT2D eigenvalue weighted by Gasteiger charge is 2.36. The van der Waals surface area contributed by atoms with Crippen LogP contribution in [0.25, 0.3) is 87.3 Å². The van der Waals surface area contributed by atoms with E-state index in [0.29, 0.717) is 0 Å². The van der Waals surface area contributed by atoms with E-state index in [4.69, 9.17) is 4.42 Å². The van der Waals surface area contributed by atoms with Crippen molar-refractivity contribution < 1.29 is 4.42 Å². The molecule has 1 aliphatic carbocycles. The number of hydrogen-bond acceptors (Lipinski definition) is 3. The highest BCUT2D eigenvalue weighted by molar-refractivity contribution is 6.17. The molecule has 0 atom stereocenters. The molecule has 0 amide bonds. The molecule has 0 saturated heterocycles. The summed E-state index contributed by atoms with van der Waals surface area (Å²) in [4.78, 5) is 4.85. The van der Waals surface area contributed by atoms with Crippen LogP contribution < -0.4 is 9.80 Å².